The zero-order valence-corrected chi connectivity index (χ0v) is 16.7. The molecule has 0 saturated carbocycles. The van der Waals surface area contributed by atoms with Gasteiger partial charge in [0.2, 0.25) is 0 Å². The summed E-state index contributed by atoms with van der Waals surface area (Å²) in [6.45, 7) is 0. The van der Waals surface area contributed by atoms with Crippen molar-refractivity contribution in [2.45, 2.75) is 31.7 Å². The number of fused-ring (bicyclic) bond motifs is 1. The summed E-state index contributed by atoms with van der Waals surface area (Å²) in [6, 6.07) is 4.86. The van der Waals surface area contributed by atoms with Crippen LogP contribution in [0.3, 0.4) is 0 Å². The lowest BCUT2D eigenvalue weighted by Gasteiger charge is -2.15. The first-order chi connectivity index (χ1) is 13.4. The van der Waals surface area contributed by atoms with E-state index in [9.17, 15) is 13.2 Å². The van der Waals surface area contributed by atoms with Gasteiger partial charge in [0.25, 0.3) is 5.91 Å². The predicted molar refractivity (Wildman–Crippen MR) is 104 cm³/mol. The van der Waals surface area contributed by atoms with Gasteiger partial charge in [-0.25, -0.2) is 8.42 Å². The van der Waals surface area contributed by atoms with Crippen molar-refractivity contribution in [3.63, 3.8) is 0 Å². The minimum atomic E-state index is -3.08. The second-order valence-corrected chi connectivity index (χ2v) is 9.38. The van der Waals surface area contributed by atoms with E-state index >= 15 is 0 Å². The molecule has 1 aliphatic heterocycles. The van der Waals surface area contributed by atoms with Crippen LogP contribution in [0.2, 0.25) is 0 Å². The van der Waals surface area contributed by atoms with Crippen LogP contribution in [0.25, 0.3) is 0 Å². The Hall–Kier alpha value is -2.55. The maximum Gasteiger partial charge on any atom is 0.274 e. The second kappa shape index (κ2) is 7.12. The van der Waals surface area contributed by atoms with Gasteiger partial charge in [0.05, 0.1) is 37.5 Å². The molecule has 1 N–H and O–H groups in total. The average molecular weight is 405 g/mol. The van der Waals surface area contributed by atoms with E-state index in [2.05, 4.69) is 10.4 Å². The first kappa shape index (κ1) is 18.8. The molecule has 28 heavy (non-hydrogen) atoms. The van der Waals surface area contributed by atoms with Crippen molar-refractivity contribution in [1.29, 1.82) is 0 Å². The molecule has 2 aliphatic rings. The van der Waals surface area contributed by atoms with Crippen LogP contribution in [-0.4, -0.2) is 49.8 Å². The lowest BCUT2D eigenvalue weighted by Crippen LogP contribution is -2.23. The molecule has 8 nitrogen and oxygen atoms in total. The highest BCUT2D eigenvalue weighted by molar-refractivity contribution is 7.91. The Bertz CT molecular complexity index is 1030. The van der Waals surface area contributed by atoms with Crippen LogP contribution in [0.5, 0.6) is 11.5 Å². The van der Waals surface area contributed by atoms with Gasteiger partial charge in [0.15, 0.2) is 21.3 Å². The minimum absolute atomic E-state index is 0.0319. The Morgan fingerprint density at radius 1 is 1.21 bits per heavy atom. The molecule has 0 unspecified atom stereocenters. The van der Waals surface area contributed by atoms with Gasteiger partial charge in [-0.3, -0.25) is 9.48 Å². The maximum atomic E-state index is 13.1. The molecule has 1 atom stereocenters. The monoisotopic (exact) mass is 405 g/mol. The molecule has 150 valence electrons. The quantitative estimate of drug-likeness (QED) is 0.817. The van der Waals surface area contributed by atoms with Crippen LogP contribution in [0, 0.1) is 0 Å². The van der Waals surface area contributed by atoms with E-state index in [1.165, 1.54) is 7.11 Å². The van der Waals surface area contributed by atoms with Gasteiger partial charge < -0.3 is 14.8 Å². The summed E-state index contributed by atoms with van der Waals surface area (Å²) in [5.74, 6) is 0.971. The van der Waals surface area contributed by atoms with Crippen LogP contribution in [0.1, 0.15) is 40.6 Å². The second-order valence-electron chi connectivity index (χ2n) is 7.15. The fourth-order valence-electron chi connectivity index (χ4n) is 3.99. The summed E-state index contributed by atoms with van der Waals surface area (Å²) >= 11 is 0. The fraction of sp³-hybridized carbons (Fsp3) is 0.474. The number of amides is 1. The van der Waals surface area contributed by atoms with Crippen molar-refractivity contribution in [2.75, 3.05) is 31.0 Å². The number of nitrogens with one attached hydrogen (secondary N) is 1. The van der Waals surface area contributed by atoms with E-state index in [1.54, 1.807) is 30.0 Å². The van der Waals surface area contributed by atoms with E-state index in [4.69, 9.17) is 9.47 Å². The van der Waals surface area contributed by atoms with E-state index in [1.807, 2.05) is 0 Å². The zero-order chi connectivity index (χ0) is 19.9. The molecule has 1 aliphatic carbocycles. The van der Waals surface area contributed by atoms with Crippen molar-refractivity contribution >= 4 is 21.4 Å². The summed E-state index contributed by atoms with van der Waals surface area (Å²) < 4.78 is 36.0. The van der Waals surface area contributed by atoms with Gasteiger partial charge in [0.1, 0.15) is 5.69 Å². The number of carbonyl (C=O) groups is 1. The van der Waals surface area contributed by atoms with Crippen LogP contribution >= 0.6 is 0 Å². The average Bonchev–Trinajstić information content (AvgIpc) is 3.34. The Labute approximate surface area is 163 Å². The Balaban J connectivity index is 1.66. The van der Waals surface area contributed by atoms with Crippen molar-refractivity contribution < 1.29 is 22.7 Å². The highest BCUT2D eigenvalue weighted by Gasteiger charge is 2.35. The van der Waals surface area contributed by atoms with Crippen LogP contribution in [-0.2, 0) is 22.7 Å². The molecule has 4 rings (SSSR count). The normalized spacial score (nSPS) is 20.0. The molecule has 2 heterocycles. The topological polar surface area (TPSA) is 99.5 Å². The maximum absolute atomic E-state index is 13.1. The van der Waals surface area contributed by atoms with Crippen molar-refractivity contribution in [2.24, 2.45) is 0 Å². The number of anilines is 1. The van der Waals surface area contributed by atoms with Crippen LogP contribution in [0.15, 0.2) is 18.2 Å². The van der Waals surface area contributed by atoms with Gasteiger partial charge in [-0.2, -0.15) is 5.10 Å². The molecular formula is C19H23N3O5S. The van der Waals surface area contributed by atoms with E-state index in [0.717, 1.165) is 30.5 Å². The van der Waals surface area contributed by atoms with Crippen molar-refractivity contribution in [3.05, 3.63) is 35.2 Å². The van der Waals surface area contributed by atoms with Gasteiger partial charge in [-0.1, -0.05) is 0 Å². The standard InChI is InChI=1S/C19H23N3O5S/c1-26-16-7-6-12(10-17(16)27-2)20-19(23)18-14-4-3-5-15(14)21-22(18)13-8-9-28(24,25)11-13/h6-7,10,13H,3-5,8-9,11H2,1-2H3,(H,20,23)/t13-/m0/s1. The number of ether oxygens (including phenoxy) is 2. The summed E-state index contributed by atoms with van der Waals surface area (Å²) in [4.78, 5) is 13.1. The summed E-state index contributed by atoms with van der Waals surface area (Å²) in [5, 5.41) is 7.51. The molecule has 9 heteroatoms. The lowest BCUT2D eigenvalue weighted by atomic mass is 10.1. The molecule has 1 saturated heterocycles. The molecule has 1 aromatic carbocycles. The number of benzene rings is 1. The minimum Gasteiger partial charge on any atom is -0.493 e. The van der Waals surface area contributed by atoms with Gasteiger partial charge in [-0.05, 0) is 37.8 Å². The highest BCUT2D eigenvalue weighted by Crippen LogP contribution is 2.33. The van der Waals surface area contributed by atoms with Crippen molar-refractivity contribution in [1.82, 2.24) is 9.78 Å². The van der Waals surface area contributed by atoms with Gasteiger partial charge in [-0.15, -0.1) is 0 Å². The van der Waals surface area contributed by atoms with Gasteiger partial charge >= 0.3 is 0 Å². The predicted octanol–water partition coefficient (Wildman–Crippen LogP) is 2.00. The number of hydrogen-bond donors (Lipinski definition) is 1. The summed E-state index contributed by atoms with van der Waals surface area (Å²) in [6.07, 6.45) is 3.04. The Kier molecular flexibility index (Phi) is 4.78. The molecule has 0 spiro atoms. The smallest absolute Gasteiger partial charge is 0.274 e. The highest BCUT2D eigenvalue weighted by atomic mass is 32.2. The number of hydrogen-bond acceptors (Lipinski definition) is 6. The largest absolute Gasteiger partial charge is 0.493 e. The molecule has 0 bridgehead atoms. The zero-order valence-electron chi connectivity index (χ0n) is 15.9. The lowest BCUT2D eigenvalue weighted by molar-refractivity contribution is 0.101. The van der Waals surface area contributed by atoms with Crippen LogP contribution < -0.4 is 14.8 Å². The van der Waals surface area contributed by atoms with Gasteiger partial charge in [0, 0.05) is 17.3 Å². The number of methoxy groups -OCH3 is 2. The molecule has 1 aromatic heterocycles. The first-order valence-corrected chi connectivity index (χ1v) is 11.1. The number of sulfone groups is 1. The number of rotatable bonds is 5. The number of carbonyl (C=O) groups excluding carboxylic acids is 1. The first-order valence-electron chi connectivity index (χ1n) is 9.26. The van der Waals surface area contributed by atoms with E-state index in [-0.39, 0.29) is 23.5 Å². The Morgan fingerprint density at radius 2 is 2.00 bits per heavy atom. The summed E-state index contributed by atoms with van der Waals surface area (Å²) in [7, 11) is 0.00596. The molecule has 1 amide bonds. The molecule has 1 fully saturated rings. The SMILES string of the molecule is COc1ccc(NC(=O)c2c3c(nn2[C@H]2CCS(=O)(=O)C2)CCC3)cc1OC. The Morgan fingerprint density at radius 3 is 2.68 bits per heavy atom. The fourth-order valence-corrected chi connectivity index (χ4v) is 5.68. The number of aromatic nitrogens is 2. The molecular weight excluding hydrogens is 382 g/mol. The van der Waals surface area contributed by atoms with E-state index < -0.39 is 9.84 Å². The third kappa shape index (κ3) is 3.34. The van der Waals surface area contributed by atoms with Crippen LogP contribution in [0.4, 0.5) is 5.69 Å². The molecule has 0 radical (unpaired) electrons. The van der Waals surface area contributed by atoms with E-state index in [0.29, 0.717) is 29.3 Å². The molecule has 2 aromatic rings. The number of aryl methyl sites for hydroxylation is 1. The third-order valence-electron chi connectivity index (χ3n) is 5.34. The summed E-state index contributed by atoms with van der Waals surface area (Å²) in [5.41, 5.74) is 2.88. The number of nitrogens with zero attached hydrogens (tertiary/aromatic N) is 2. The third-order valence-corrected chi connectivity index (χ3v) is 7.09. The van der Waals surface area contributed by atoms with Crippen molar-refractivity contribution in [3.8, 4) is 11.5 Å².